The van der Waals surface area contributed by atoms with Crippen LogP contribution in [0.15, 0.2) is 12.5 Å². The second-order valence-corrected chi connectivity index (χ2v) is 3.72. The van der Waals surface area contributed by atoms with Gasteiger partial charge in [-0.15, -0.1) is 0 Å². The third kappa shape index (κ3) is 2.07. The molecule has 1 fully saturated rings. The maximum Gasteiger partial charge on any atom is 0.183 e. The van der Waals surface area contributed by atoms with Crippen LogP contribution in [0.1, 0.15) is 19.3 Å². The zero-order valence-electron chi connectivity index (χ0n) is 8.43. The predicted molar refractivity (Wildman–Crippen MR) is 54.1 cm³/mol. The van der Waals surface area contributed by atoms with E-state index in [1.165, 1.54) is 6.33 Å². The molecule has 4 nitrogen and oxygen atoms in total. The minimum absolute atomic E-state index is 0.0110. The summed E-state index contributed by atoms with van der Waals surface area (Å²) < 4.78 is 13.4. The molecule has 82 valence electrons. The van der Waals surface area contributed by atoms with E-state index in [1.54, 1.807) is 0 Å². The van der Waals surface area contributed by atoms with Crippen LogP contribution >= 0.6 is 0 Å². The summed E-state index contributed by atoms with van der Waals surface area (Å²) in [5, 5.41) is 9.21. The molecule has 1 saturated heterocycles. The van der Waals surface area contributed by atoms with Crippen LogP contribution in [0.25, 0.3) is 0 Å². The Morgan fingerprint density at radius 2 is 2.40 bits per heavy atom. The molecule has 1 aliphatic rings. The third-order valence-corrected chi connectivity index (χ3v) is 2.76. The van der Waals surface area contributed by atoms with Crippen molar-refractivity contribution in [1.29, 1.82) is 0 Å². The van der Waals surface area contributed by atoms with E-state index in [1.807, 2.05) is 4.90 Å². The SMILES string of the molecule is OCC1CCCCN1c1ncncc1F. The highest BCUT2D eigenvalue weighted by Crippen LogP contribution is 2.24. The first kappa shape index (κ1) is 10.3. The van der Waals surface area contributed by atoms with E-state index in [4.69, 9.17) is 0 Å². The van der Waals surface area contributed by atoms with E-state index >= 15 is 0 Å². The van der Waals surface area contributed by atoms with Crippen molar-refractivity contribution in [3.63, 3.8) is 0 Å². The highest BCUT2D eigenvalue weighted by atomic mass is 19.1. The third-order valence-electron chi connectivity index (χ3n) is 2.76. The van der Waals surface area contributed by atoms with Crippen LogP contribution in [-0.4, -0.2) is 34.3 Å². The summed E-state index contributed by atoms with van der Waals surface area (Å²) in [5.41, 5.74) is 0. The first-order valence-corrected chi connectivity index (χ1v) is 5.16. The summed E-state index contributed by atoms with van der Waals surface area (Å²) in [7, 11) is 0. The fraction of sp³-hybridized carbons (Fsp3) is 0.600. The number of hydrogen-bond acceptors (Lipinski definition) is 4. The number of aromatic nitrogens is 2. The minimum atomic E-state index is -0.419. The lowest BCUT2D eigenvalue weighted by Crippen LogP contribution is -2.42. The normalized spacial score (nSPS) is 21.7. The largest absolute Gasteiger partial charge is 0.394 e. The molecule has 5 heteroatoms. The van der Waals surface area contributed by atoms with Gasteiger partial charge in [-0.1, -0.05) is 0 Å². The molecule has 2 heterocycles. The van der Waals surface area contributed by atoms with Crippen LogP contribution in [0.5, 0.6) is 0 Å². The minimum Gasteiger partial charge on any atom is -0.394 e. The molecule has 0 aliphatic carbocycles. The summed E-state index contributed by atoms with van der Waals surface area (Å²) in [6.45, 7) is 0.794. The Balaban J connectivity index is 2.24. The molecular weight excluding hydrogens is 197 g/mol. The monoisotopic (exact) mass is 211 g/mol. The highest BCUT2D eigenvalue weighted by molar-refractivity contribution is 5.40. The van der Waals surface area contributed by atoms with Crippen LogP contribution in [0.2, 0.25) is 0 Å². The van der Waals surface area contributed by atoms with Crippen molar-refractivity contribution < 1.29 is 9.50 Å². The molecule has 1 aromatic rings. The summed E-state index contributed by atoms with van der Waals surface area (Å²) in [5.74, 6) is -0.110. The van der Waals surface area contributed by atoms with Crippen LogP contribution in [0.4, 0.5) is 10.2 Å². The van der Waals surface area contributed by atoms with Gasteiger partial charge in [0.1, 0.15) is 6.33 Å². The van der Waals surface area contributed by atoms with Crippen LogP contribution in [0.3, 0.4) is 0 Å². The average molecular weight is 211 g/mol. The van der Waals surface area contributed by atoms with Gasteiger partial charge in [0, 0.05) is 6.54 Å². The van der Waals surface area contributed by atoms with Gasteiger partial charge in [0.05, 0.1) is 18.8 Å². The van der Waals surface area contributed by atoms with Gasteiger partial charge in [0.25, 0.3) is 0 Å². The number of aliphatic hydroxyl groups is 1. The van der Waals surface area contributed by atoms with Crippen LogP contribution in [-0.2, 0) is 0 Å². The van der Waals surface area contributed by atoms with Crippen molar-refractivity contribution >= 4 is 5.82 Å². The topological polar surface area (TPSA) is 49.2 Å². The Morgan fingerprint density at radius 1 is 1.53 bits per heavy atom. The van der Waals surface area contributed by atoms with Gasteiger partial charge >= 0.3 is 0 Å². The van der Waals surface area contributed by atoms with Crippen molar-refractivity contribution in [2.45, 2.75) is 25.3 Å². The summed E-state index contributed by atoms with van der Waals surface area (Å²) >= 11 is 0. The van der Waals surface area contributed by atoms with Gasteiger partial charge in [0.2, 0.25) is 0 Å². The molecule has 15 heavy (non-hydrogen) atoms. The quantitative estimate of drug-likeness (QED) is 0.791. The zero-order chi connectivity index (χ0) is 10.7. The molecule has 2 rings (SSSR count). The van der Waals surface area contributed by atoms with Crippen molar-refractivity contribution in [3.05, 3.63) is 18.3 Å². The summed E-state index contributed by atoms with van der Waals surface area (Å²) in [6.07, 6.45) is 5.47. The highest BCUT2D eigenvalue weighted by Gasteiger charge is 2.24. The molecule has 0 spiro atoms. The molecule has 0 saturated carbocycles. The molecule has 0 radical (unpaired) electrons. The van der Waals surface area contributed by atoms with Crippen molar-refractivity contribution in [2.24, 2.45) is 0 Å². The fourth-order valence-electron chi connectivity index (χ4n) is 1.99. The Kier molecular flexibility index (Phi) is 3.11. The maximum atomic E-state index is 13.4. The molecule has 0 amide bonds. The molecule has 1 atom stereocenters. The Morgan fingerprint density at radius 3 is 3.13 bits per heavy atom. The lowest BCUT2D eigenvalue weighted by Gasteiger charge is -2.35. The van der Waals surface area contributed by atoms with Crippen molar-refractivity contribution in [3.8, 4) is 0 Å². The zero-order valence-corrected chi connectivity index (χ0v) is 8.43. The van der Waals surface area contributed by atoms with Gasteiger partial charge in [-0.2, -0.15) is 0 Å². The fourth-order valence-corrected chi connectivity index (χ4v) is 1.99. The Labute approximate surface area is 87.8 Å². The first-order valence-electron chi connectivity index (χ1n) is 5.16. The number of nitrogens with zero attached hydrogens (tertiary/aromatic N) is 3. The number of rotatable bonds is 2. The first-order chi connectivity index (χ1) is 7.33. The van der Waals surface area contributed by atoms with E-state index in [0.717, 1.165) is 32.0 Å². The van der Waals surface area contributed by atoms with Crippen LogP contribution in [0, 0.1) is 5.82 Å². The predicted octanol–water partition coefficient (Wildman–Crippen LogP) is 0.967. The smallest absolute Gasteiger partial charge is 0.183 e. The van der Waals surface area contributed by atoms with E-state index in [0.29, 0.717) is 5.82 Å². The number of halogens is 1. The maximum absolute atomic E-state index is 13.4. The number of aliphatic hydroxyl groups excluding tert-OH is 1. The second kappa shape index (κ2) is 4.53. The van der Waals surface area contributed by atoms with Crippen LogP contribution < -0.4 is 4.90 Å². The van der Waals surface area contributed by atoms with Gasteiger partial charge in [-0.3, -0.25) is 0 Å². The molecule has 1 aromatic heterocycles. The molecule has 1 unspecified atom stereocenters. The number of hydrogen-bond donors (Lipinski definition) is 1. The second-order valence-electron chi connectivity index (χ2n) is 3.72. The van der Waals surface area contributed by atoms with E-state index in [-0.39, 0.29) is 12.6 Å². The number of anilines is 1. The molecule has 0 aromatic carbocycles. The standard InChI is InChI=1S/C10H14FN3O/c11-9-5-12-7-13-10(9)14-4-2-1-3-8(14)6-15/h5,7-8,15H,1-4,6H2. The molecular formula is C10H14FN3O. The van der Waals surface area contributed by atoms with Gasteiger partial charge in [-0.05, 0) is 19.3 Å². The van der Waals surface area contributed by atoms with Gasteiger partial charge in [-0.25, -0.2) is 14.4 Å². The lowest BCUT2D eigenvalue weighted by atomic mass is 10.0. The van der Waals surface area contributed by atoms with Gasteiger partial charge in [0.15, 0.2) is 11.6 Å². The van der Waals surface area contributed by atoms with E-state index < -0.39 is 5.82 Å². The number of piperidine rings is 1. The van der Waals surface area contributed by atoms with E-state index in [9.17, 15) is 9.50 Å². The molecule has 1 N–H and O–H groups in total. The Bertz CT molecular complexity index is 334. The van der Waals surface area contributed by atoms with E-state index in [2.05, 4.69) is 9.97 Å². The lowest BCUT2D eigenvalue weighted by molar-refractivity contribution is 0.238. The average Bonchev–Trinajstić information content (AvgIpc) is 2.30. The summed E-state index contributed by atoms with van der Waals surface area (Å²) in [4.78, 5) is 9.38. The van der Waals surface area contributed by atoms with Crippen molar-refractivity contribution in [2.75, 3.05) is 18.1 Å². The molecule has 0 bridgehead atoms. The Hall–Kier alpha value is -1.23. The molecule has 1 aliphatic heterocycles. The van der Waals surface area contributed by atoms with Gasteiger partial charge < -0.3 is 10.0 Å². The summed E-state index contributed by atoms with van der Waals surface area (Å²) in [6, 6.07) is -0.0110. The van der Waals surface area contributed by atoms with Crippen molar-refractivity contribution in [1.82, 2.24) is 9.97 Å².